The SMILES string of the molecule is C=CC(=O)OC(CC)O[Si](CCCCC)(OCCC)OCCC. The average molecular weight is 347 g/mol. The van der Waals surface area contributed by atoms with Crippen LogP contribution in [0.25, 0.3) is 0 Å². The molecule has 5 nitrogen and oxygen atoms in total. The molecule has 0 aliphatic rings. The van der Waals surface area contributed by atoms with Crippen molar-refractivity contribution in [3.63, 3.8) is 0 Å². The second-order valence-corrected chi connectivity index (χ2v) is 8.11. The highest BCUT2D eigenvalue weighted by Gasteiger charge is 2.43. The van der Waals surface area contributed by atoms with Crippen LogP contribution in [0.4, 0.5) is 0 Å². The van der Waals surface area contributed by atoms with E-state index in [0.717, 1.165) is 44.2 Å². The zero-order valence-corrected chi connectivity index (χ0v) is 16.3. The Kier molecular flexibility index (Phi) is 13.3. The number of esters is 1. The van der Waals surface area contributed by atoms with E-state index in [0.29, 0.717) is 19.6 Å². The molecule has 1 atom stereocenters. The minimum Gasteiger partial charge on any atom is -0.433 e. The van der Waals surface area contributed by atoms with Gasteiger partial charge in [0.25, 0.3) is 0 Å². The first-order valence-electron chi connectivity index (χ1n) is 8.86. The van der Waals surface area contributed by atoms with Crippen molar-refractivity contribution in [1.29, 1.82) is 0 Å². The van der Waals surface area contributed by atoms with Gasteiger partial charge in [0.1, 0.15) is 0 Å². The highest BCUT2D eigenvalue weighted by molar-refractivity contribution is 6.60. The minimum absolute atomic E-state index is 0.487. The van der Waals surface area contributed by atoms with Crippen LogP contribution in [0.5, 0.6) is 0 Å². The quantitative estimate of drug-likeness (QED) is 0.144. The van der Waals surface area contributed by atoms with E-state index in [4.69, 9.17) is 18.0 Å². The van der Waals surface area contributed by atoms with E-state index in [9.17, 15) is 4.79 Å². The molecule has 0 heterocycles. The molecule has 0 bridgehead atoms. The second-order valence-electron chi connectivity index (χ2n) is 5.43. The standard InChI is InChI=1S/C17H34O5Si/c1-6-11-12-15-23(19-13-7-2,20-14-8-3)22-17(10-5)21-16(18)9-4/h9,17H,4,6-8,10-15H2,1-3,5H3. The molecule has 1 unspecified atom stereocenters. The molecule has 0 saturated carbocycles. The Balaban J connectivity index is 5.03. The van der Waals surface area contributed by atoms with Gasteiger partial charge in [-0.25, -0.2) is 4.79 Å². The Morgan fingerprint density at radius 1 is 1.04 bits per heavy atom. The maximum Gasteiger partial charge on any atom is 0.503 e. The summed E-state index contributed by atoms with van der Waals surface area (Å²) in [4.78, 5) is 11.5. The minimum atomic E-state index is -2.85. The lowest BCUT2D eigenvalue weighted by Crippen LogP contribution is -2.49. The zero-order chi connectivity index (χ0) is 17.6. The van der Waals surface area contributed by atoms with Crippen molar-refractivity contribution < 1.29 is 22.8 Å². The molecule has 23 heavy (non-hydrogen) atoms. The van der Waals surface area contributed by atoms with Gasteiger partial charge in [-0.1, -0.05) is 47.1 Å². The van der Waals surface area contributed by atoms with Gasteiger partial charge in [-0.15, -0.1) is 0 Å². The zero-order valence-electron chi connectivity index (χ0n) is 15.3. The van der Waals surface area contributed by atoms with Crippen LogP contribution in [0.2, 0.25) is 6.04 Å². The fourth-order valence-corrected chi connectivity index (χ4v) is 4.94. The summed E-state index contributed by atoms with van der Waals surface area (Å²) < 4.78 is 23.5. The Morgan fingerprint density at radius 3 is 2.09 bits per heavy atom. The molecule has 0 aliphatic heterocycles. The van der Waals surface area contributed by atoms with Gasteiger partial charge in [0, 0.05) is 31.8 Å². The number of unbranched alkanes of at least 4 members (excludes halogenated alkanes) is 2. The Bertz CT molecular complexity index is 314. The number of carbonyl (C=O) groups excluding carboxylic acids is 1. The summed E-state index contributed by atoms with van der Waals surface area (Å²) in [5.41, 5.74) is 0. The first-order valence-corrected chi connectivity index (χ1v) is 10.8. The summed E-state index contributed by atoms with van der Waals surface area (Å²) in [6.45, 7) is 12.8. The summed E-state index contributed by atoms with van der Waals surface area (Å²) >= 11 is 0. The van der Waals surface area contributed by atoms with Crippen molar-refractivity contribution in [3.8, 4) is 0 Å². The first kappa shape index (κ1) is 22.3. The van der Waals surface area contributed by atoms with Crippen molar-refractivity contribution in [2.24, 2.45) is 0 Å². The molecule has 0 saturated heterocycles. The van der Waals surface area contributed by atoms with Crippen LogP contribution >= 0.6 is 0 Å². The number of hydrogen-bond donors (Lipinski definition) is 0. The third-order valence-corrected chi connectivity index (χ3v) is 6.07. The maximum absolute atomic E-state index is 11.5. The van der Waals surface area contributed by atoms with Gasteiger partial charge in [-0.3, -0.25) is 0 Å². The molecule has 0 aromatic carbocycles. The molecule has 0 N–H and O–H groups in total. The van der Waals surface area contributed by atoms with Crippen molar-refractivity contribution >= 4 is 14.8 Å². The van der Waals surface area contributed by atoms with Crippen LogP contribution in [0.15, 0.2) is 12.7 Å². The second kappa shape index (κ2) is 13.7. The van der Waals surface area contributed by atoms with Gasteiger partial charge in [0.15, 0.2) is 6.29 Å². The smallest absolute Gasteiger partial charge is 0.433 e. The lowest BCUT2D eigenvalue weighted by molar-refractivity contribution is -0.165. The van der Waals surface area contributed by atoms with Gasteiger partial charge < -0.3 is 18.0 Å². The van der Waals surface area contributed by atoms with Crippen molar-refractivity contribution in [2.45, 2.75) is 78.6 Å². The highest BCUT2D eigenvalue weighted by Crippen LogP contribution is 2.24. The molecule has 6 heteroatoms. The van der Waals surface area contributed by atoms with E-state index in [1.54, 1.807) is 0 Å². The predicted molar refractivity (Wildman–Crippen MR) is 94.0 cm³/mol. The van der Waals surface area contributed by atoms with Crippen LogP contribution in [0.1, 0.15) is 66.2 Å². The van der Waals surface area contributed by atoms with Gasteiger partial charge in [-0.05, 0) is 19.3 Å². The Labute approximate surface area is 142 Å². The summed E-state index contributed by atoms with van der Waals surface area (Å²) in [6.07, 6.45) is 6.04. The third kappa shape index (κ3) is 9.91. The van der Waals surface area contributed by atoms with Crippen LogP contribution < -0.4 is 0 Å². The number of ether oxygens (including phenoxy) is 1. The first-order chi connectivity index (χ1) is 11.1. The fraction of sp³-hybridized carbons (Fsp3) is 0.824. The van der Waals surface area contributed by atoms with Gasteiger partial charge in [0.2, 0.25) is 0 Å². The van der Waals surface area contributed by atoms with Crippen molar-refractivity contribution in [3.05, 3.63) is 12.7 Å². The fourth-order valence-electron chi connectivity index (χ4n) is 1.99. The van der Waals surface area contributed by atoms with E-state index < -0.39 is 21.1 Å². The van der Waals surface area contributed by atoms with Crippen molar-refractivity contribution in [2.75, 3.05) is 13.2 Å². The topological polar surface area (TPSA) is 54.0 Å². The molecule has 0 aromatic rings. The van der Waals surface area contributed by atoms with E-state index in [1.807, 2.05) is 6.92 Å². The van der Waals surface area contributed by atoms with Gasteiger partial charge in [-0.2, -0.15) is 0 Å². The highest BCUT2D eigenvalue weighted by atomic mass is 28.4. The van der Waals surface area contributed by atoms with E-state index in [-0.39, 0.29) is 0 Å². The molecule has 0 aliphatic carbocycles. The third-order valence-electron chi connectivity index (χ3n) is 3.20. The largest absolute Gasteiger partial charge is 0.503 e. The molecule has 0 radical (unpaired) electrons. The van der Waals surface area contributed by atoms with Gasteiger partial charge in [0.05, 0.1) is 0 Å². The molecular weight excluding hydrogens is 312 g/mol. The molecule has 0 fully saturated rings. The summed E-state index contributed by atoms with van der Waals surface area (Å²) in [6, 6.07) is 0.753. The average Bonchev–Trinajstić information content (AvgIpc) is 2.57. The maximum atomic E-state index is 11.5. The normalized spacial score (nSPS) is 12.9. The van der Waals surface area contributed by atoms with E-state index >= 15 is 0 Å². The predicted octanol–water partition coefficient (Wildman–Crippen LogP) is 4.45. The van der Waals surface area contributed by atoms with E-state index in [1.165, 1.54) is 0 Å². The van der Waals surface area contributed by atoms with Crippen LogP contribution in [-0.2, 0) is 22.8 Å². The molecular formula is C17H34O5Si. The Hall–Kier alpha value is -0.693. The van der Waals surface area contributed by atoms with Gasteiger partial charge >= 0.3 is 14.8 Å². The summed E-state index contributed by atoms with van der Waals surface area (Å²) in [5, 5.41) is 0. The molecule has 0 aromatic heterocycles. The lowest BCUT2D eigenvalue weighted by Gasteiger charge is -2.32. The van der Waals surface area contributed by atoms with Crippen LogP contribution in [0.3, 0.4) is 0 Å². The Morgan fingerprint density at radius 2 is 1.65 bits per heavy atom. The monoisotopic (exact) mass is 346 g/mol. The summed E-state index contributed by atoms with van der Waals surface area (Å²) in [7, 11) is -2.85. The number of hydrogen-bond acceptors (Lipinski definition) is 5. The molecule has 0 amide bonds. The molecule has 136 valence electrons. The van der Waals surface area contributed by atoms with E-state index in [2.05, 4.69) is 27.4 Å². The van der Waals surface area contributed by atoms with Crippen LogP contribution in [-0.4, -0.2) is 34.3 Å². The lowest BCUT2D eigenvalue weighted by atomic mass is 10.3. The van der Waals surface area contributed by atoms with Crippen molar-refractivity contribution in [1.82, 2.24) is 0 Å². The molecule has 0 spiro atoms. The molecule has 0 rings (SSSR count). The van der Waals surface area contributed by atoms with Crippen LogP contribution in [0, 0.1) is 0 Å². The number of carbonyl (C=O) groups is 1. The summed E-state index contributed by atoms with van der Waals surface area (Å²) in [5.74, 6) is -0.487. The number of rotatable bonds is 15.